The van der Waals surface area contributed by atoms with Crippen LogP contribution < -0.4 is 16.0 Å². The molecule has 0 saturated carbocycles. The first-order valence-electron chi connectivity index (χ1n) is 8.17. The maximum atomic E-state index is 12.2. The minimum atomic E-state index is -0.487. The number of esters is 1. The summed E-state index contributed by atoms with van der Waals surface area (Å²) < 4.78 is 4.98. The Hall–Kier alpha value is -3.35. The van der Waals surface area contributed by atoms with Crippen LogP contribution in [-0.4, -0.2) is 30.9 Å². The largest absolute Gasteiger partial charge is 0.462 e. The number of nitrogens with one attached hydrogen (secondary N) is 3. The van der Waals surface area contributed by atoms with E-state index >= 15 is 0 Å². The van der Waals surface area contributed by atoms with Gasteiger partial charge in [-0.2, -0.15) is 0 Å². The fourth-order valence-electron chi connectivity index (χ4n) is 2.27. The van der Waals surface area contributed by atoms with Gasteiger partial charge in [-0.1, -0.05) is 18.2 Å². The van der Waals surface area contributed by atoms with Crippen LogP contribution >= 0.6 is 0 Å². The molecule has 0 spiro atoms. The molecule has 26 heavy (non-hydrogen) atoms. The lowest BCUT2D eigenvalue weighted by atomic mass is 10.2. The van der Waals surface area contributed by atoms with Gasteiger partial charge in [0.1, 0.15) is 0 Å². The van der Waals surface area contributed by atoms with Crippen LogP contribution in [0.1, 0.15) is 24.2 Å². The Bertz CT molecular complexity index is 805. The van der Waals surface area contributed by atoms with Gasteiger partial charge in [0.05, 0.1) is 24.4 Å². The van der Waals surface area contributed by atoms with E-state index in [1.165, 1.54) is 6.92 Å². The molecule has 0 saturated heterocycles. The molecule has 2 aromatic rings. The first-order valence-corrected chi connectivity index (χ1v) is 8.17. The van der Waals surface area contributed by atoms with Gasteiger partial charge in [0.15, 0.2) is 0 Å². The van der Waals surface area contributed by atoms with Gasteiger partial charge in [0, 0.05) is 18.3 Å². The van der Waals surface area contributed by atoms with Gasteiger partial charge in [0.2, 0.25) is 11.8 Å². The standard InChI is InChI=1S/C19H21N3O4/c1-3-26-19(25)16-9-4-5-10-17(16)22-18(24)12-20-14-7-6-8-15(11-14)21-13(2)23/h4-11,20H,3,12H2,1-2H3,(H,21,23)(H,22,24). The fourth-order valence-corrected chi connectivity index (χ4v) is 2.27. The maximum absolute atomic E-state index is 12.2. The molecule has 0 atom stereocenters. The van der Waals surface area contributed by atoms with Crippen molar-refractivity contribution in [3.05, 3.63) is 54.1 Å². The van der Waals surface area contributed by atoms with Gasteiger partial charge >= 0.3 is 5.97 Å². The molecular formula is C19H21N3O4. The highest BCUT2D eigenvalue weighted by atomic mass is 16.5. The van der Waals surface area contributed by atoms with E-state index in [-0.39, 0.29) is 25.0 Å². The summed E-state index contributed by atoms with van der Waals surface area (Å²) in [6, 6.07) is 13.7. The molecule has 0 unspecified atom stereocenters. The zero-order valence-electron chi connectivity index (χ0n) is 14.7. The Morgan fingerprint density at radius 1 is 0.962 bits per heavy atom. The molecule has 0 aliphatic carbocycles. The third-order valence-corrected chi connectivity index (χ3v) is 3.33. The van der Waals surface area contributed by atoms with E-state index in [9.17, 15) is 14.4 Å². The van der Waals surface area contributed by atoms with E-state index in [0.29, 0.717) is 22.6 Å². The topological polar surface area (TPSA) is 96.5 Å². The summed E-state index contributed by atoms with van der Waals surface area (Å²) in [6.45, 7) is 3.40. The number of benzene rings is 2. The molecule has 0 fully saturated rings. The SMILES string of the molecule is CCOC(=O)c1ccccc1NC(=O)CNc1cccc(NC(C)=O)c1. The Labute approximate surface area is 151 Å². The van der Waals surface area contributed by atoms with Gasteiger partial charge in [0.25, 0.3) is 0 Å². The molecule has 2 amide bonds. The molecule has 3 N–H and O–H groups in total. The Balaban J connectivity index is 1.98. The van der Waals surface area contributed by atoms with Crippen LogP contribution in [0.25, 0.3) is 0 Å². The number of rotatable bonds is 7. The van der Waals surface area contributed by atoms with Gasteiger partial charge in [-0.05, 0) is 37.3 Å². The zero-order valence-corrected chi connectivity index (χ0v) is 14.7. The van der Waals surface area contributed by atoms with Crippen molar-refractivity contribution in [1.82, 2.24) is 0 Å². The number of amides is 2. The Morgan fingerprint density at radius 3 is 2.42 bits per heavy atom. The lowest BCUT2D eigenvalue weighted by Gasteiger charge is -2.12. The summed E-state index contributed by atoms with van der Waals surface area (Å²) >= 11 is 0. The average molecular weight is 355 g/mol. The molecule has 0 aliphatic heterocycles. The predicted octanol–water partition coefficient (Wildman–Crippen LogP) is 2.87. The lowest BCUT2D eigenvalue weighted by Crippen LogP contribution is -2.23. The van der Waals surface area contributed by atoms with Gasteiger partial charge in [-0.15, -0.1) is 0 Å². The van der Waals surface area contributed by atoms with Crippen LogP contribution in [0.4, 0.5) is 17.1 Å². The van der Waals surface area contributed by atoms with Crippen molar-refractivity contribution in [3.8, 4) is 0 Å². The second-order valence-electron chi connectivity index (χ2n) is 5.43. The molecule has 136 valence electrons. The monoisotopic (exact) mass is 355 g/mol. The van der Waals surface area contributed by atoms with Gasteiger partial charge in [-0.25, -0.2) is 4.79 Å². The van der Waals surface area contributed by atoms with E-state index in [0.717, 1.165) is 0 Å². The number of anilines is 3. The maximum Gasteiger partial charge on any atom is 0.340 e. The van der Waals surface area contributed by atoms with Crippen molar-refractivity contribution >= 4 is 34.8 Å². The summed E-state index contributed by atoms with van der Waals surface area (Å²) in [5.74, 6) is -0.971. The van der Waals surface area contributed by atoms with Crippen molar-refractivity contribution in [1.29, 1.82) is 0 Å². The van der Waals surface area contributed by atoms with E-state index < -0.39 is 5.97 Å². The number of carbonyl (C=O) groups excluding carboxylic acids is 3. The van der Waals surface area contributed by atoms with Gasteiger partial charge < -0.3 is 20.7 Å². The predicted molar refractivity (Wildman–Crippen MR) is 100 cm³/mol. The summed E-state index contributed by atoms with van der Waals surface area (Å²) in [7, 11) is 0. The van der Waals surface area contributed by atoms with Crippen molar-refractivity contribution in [2.75, 3.05) is 29.1 Å². The molecule has 0 radical (unpaired) electrons. The summed E-state index contributed by atoms with van der Waals surface area (Å²) in [4.78, 5) is 35.2. The normalized spacial score (nSPS) is 9.92. The van der Waals surface area contributed by atoms with E-state index in [2.05, 4.69) is 16.0 Å². The first-order chi connectivity index (χ1) is 12.5. The van der Waals surface area contributed by atoms with Crippen LogP contribution in [0.3, 0.4) is 0 Å². The molecule has 2 rings (SSSR count). The number of hydrogen-bond donors (Lipinski definition) is 3. The summed E-state index contributed by atoms with van der Waals surface area (Å²) in [6.07, 6.45) is 0. The highest BCUT2D eigenvalue weighted by Crippen LogP contribution is 2.17. The third-order valence-electron chi connectivity index (χ3n) is 3.33. The molecule has 0 aliphatic rings. The molecule has 0 aromatic heterocycles. The minimum Gasteiger partial charge on any atom is -0.462 e. The molecular weight excluding hydrogens is 334 g/mol. The molecule has 0 heterocycles. The smallest absolute Gasteiger partial charge is 0.340 e. The van der Waals surface area contributed by atoms with Crippen LogP contribution in [0.15, 0.2) is 48.5 Å². The lowest BCUT2D eigenvalue weighted by molar-refractivity contribution is -0.115. The second-order valence-corrected chi connectivity index (χ2v) is 5.43. The van der Waals surface area contributed by atoms with Crippen molar-refractivity contribution in [3.63, 3.8) is 0 Å². The molecule has 7 heteroatoms. The highest BCUT2D eigenvalue weighted by Gasteiger charge is 2.13. The zero-order chi connectivity index (χ0) is 18.9. The van der Waals surface area contributed by atoms with Gasteiger partial charge in [-0.3, -0.25) is 9.59 Å². The van der Waals surface area contributed by atoms with Crippen LogP contribution in [0.2, 0.25) is 0 Å². The van der Waals surface area contributed by atoms with Crippen LogP contribution in [0, 0.1) is 0 Å². The van der Waals surface area contributed by atoms with E-state index in [1.807, 2.05) is 0 Å². The minimum absolute atomic E-state index is 0.000679. The van der Waals surface area contributed by atoms with E-state index in [1.54, 1.807) is 55.5 Å². The summed E-state index contributed by atoms with van der Waals surface area (Å²) in [5, 5.41) is 8.34. The summed E-state index contributed by atoms with van der Waals surface area (Å²) in [5.41, 5.74) is 2.01. The molecule has 2 aromatic carbocycles. The van der Waals surface area contributed by atoms with Crippen molar-refractivity contribution in [2.45, 2.75) is 13.8 Å². The first kappa shape index (κ1) is 19.0. The van der Waals surface area contributed by atoms with Crippen LogP contribution in [-0.2, 0) is 14.3 Å². The second kappa shape index (κ2) is 9.22. The van der Waals surface area contributed by atoms with E-state index in [4.69, 9.17) is 4.74 Å². The quantitative estimate of drug-likeness (QED) is 0.664. The molecule has 7 nitrogen and oxygen atoms in total. The molecule has 0 bridgehead atoms. The average Bonchev–Trinajstić information content (AvgIpc) is 2.60. The Kier molecular flexibility index (Phi) is 6.73. The Morgan fingerprint density at radius 2 is 1.69 bits per heavy atom. The fraction of sp³-hybridized carbons (Fsp3) is 0.211. The number of carbonyl (C=O) groups is 3. The third kappa shape index (κ3) is 5.62. The number of para-hydroxylation sites is 1. The highest BCUT2D eigenvalue weighted by molar-refractivity contribution is 6.02. The van der Waals surface area contributed by atoms with Crippen LogP contribution in [0.5, 0.6) is 0 Å². The number of ether oxygens (including phenoxy) is 1. The van der Waals surface area contributed by atoms with Crippen molar-refractivity contribution in [2.24, 2.45) is 0 Å². The van der Waals surface area contributed by atoms with Crippen molar-refractivity contribution < 1.29 is 19.1 Å². The number of hydrogen-bond acceptors (Lipinski definition) is 5.